The Hall–Kier alpha value is -2.67. The van der Waals surface area contributed by atoms with E-state index >= 15 is 0 Å². The first-order valence-corrected chi connectivity index (χ1v) is 11.4. The van der Waals surface area contributed by atoms with Gasteiger partial charge in [0.15, 0.2) is 5.69 Å². The monoisotopic (exact) mass is 423 g/mol. The van der Waals surface area contributed by atoms with Crippen LogP contribution in [0.4, 0.5) is 4.79 Å². The van der Waals surface area contributed by atoms with Crippen LogP contribution in [0.5, 0.6) is 0 Å². The molecular formula is C24H29N3O4. The van der Waals surface area contributed by atoms with Gasteiger partial charge in [-0.2, -0.15) is 9.78 Å². The summed E-state index contributed by atoms with van der Waals surface area (Å²) in [6.07, 6.45) is 8.90. The van der Waals surface area contributed by atoms with Crippen LogP contribution in [0.2, 0.25) is 0 Å². The van der Waals surface area contributed by atoms with Gasteiger partial charge in [0, 0.05) is 19.3 Å². The van der Waals surface area contributed by atoms with Gasteiger partial charge >= 0.3 is 12.0 Å². The number of hydrogen-bond acceptors (Lipinski definition) is 4. The van der Waals surface area contributed by atoms with Crippen molar-refractivity contribution in [1.29, 1.82) is 0 Å². The average Bonchev–Trinajstić information content (AvgIpc) is 3.55. The van der Waals surface area contributed by atoms with E-state index in [1.54, 1.807) is 4.90 Å². The summed E-state index contributed by atoms with van der Waals surface area (Å²) in [4.78, 5) is 25.4. The summed E-state index contributed by atoms with van der Waals surface area (Å²) >= 11 is 0. The number of carboxylic acids is 1. The Morgan fingerprint density at radius 3 is 2.52 bits per heavy atom. The molecule has 0 bridgehead atoms. The van der Waals surface area contributed by atoms with Crippen LogP contribution in [-0.4, -0.2) is 51.0 Å². The van der Waals surface area contributed by atoms with Crippen LogP contribution in [0.3, 0.4) is 0 Å². The van der Waals surface area contributed by atoms with Crippen molar-refractivity contribution in [2.75, 3.05) is 13.1 Å². The molecule has 7 heteroatoms. The number of carbonyl (C=O) groups is 2. The van der Waals surface area contributed by atoms with E-state index in [4.69, 9.17) is 9.84 Å². The SMILES string of the molecule is O=C(O)c1ccn(C(=O)N2CC3CC(OCc4cccc(C5CCCC5)c4)CC3C2)n1. The standard InChI is InChI=1S/C24H29N3O4/c28-23(29)22-8-9-27(25-22)24(30)26-13-19-11-21(12-20(19)14-26)31-15-16-4-3-7-18(10-16)17-5-1-2-6-17/h3-4,7-10,17,19-21H,1-2,5-6,11-15H2,(H,28,29). The molecule has 1 aliphatic heterocycles. The quantitative estimate of drug-likeness (QED) is 0.782. The first-order valence-electron chi connectivity index (χ1n) is 11.4. The molecule has 1 aromatic heterocycles. The maximum atomic E-state index is 12.6. The number of hydrogen-bond donors (Lipinski definition) is 1. The lowest BCUT2D eigenvalue weighted by Crippen LogP contribution is -2.34. The lowest BCUT2D eigenvalue weighted by atomic mass is 9.96. The third-order valence-electron chi connectivity index (χ3n) is 7.25. The van der Waals surface area contributed by atoms with Crippen LogP contribution in [0.1, 0.15) is 66.1 Å². The molecule has 3 aliphatic rings. The number of fused-ring (bicyclic) bond motifs is 1. The van der Waals surface area contributed by atoms with Crippen molar-refractivity contribution in [3.05, 3.63) is 53.3 Å². The van der Waals surface area contributed by atoms with Crippen molar-refractivity contribution >= 4 is 12.0 Å². The van der Waals surface area contributed by atoms with Gasteiger partial charge in [-0.15, -0.1) is 0 Å². The van der Waals surface area contributed by atoms with Crippen molar-refractivity contribution in [3.63, 3.8) is 0 Å². The predicted octanol–water partition coefficient (Wildman–Crippen LogP) is 4.13. The molecule has 0 spiro atoms. The van der Waals surface area contributed by atoms with E-state index in [-0.39, 0.29) is 17.8 Å². The molecule has 2 unspecified atom stereocenters. The van der Waals surface area contributed by atoms with Crippen LogP contribution in [0.25, 0.3) is 0 Å². The summed E-state index contributed by atoms with van der Waals surface area (Å²) in [6, 6.07) is 9.99. The Balaban J connectivity index is 1.12. The highest BCUT2D eigenvalue weighted by Gasteiger charge is 2.43. The van der Waals surface area contributed by atoms with Gasteiger partial charge in [-0.1, -0.05) is 37.1 Å². The maximum absolute atomic E-state index is 12.6. The molecular weight excluding hydrogens is 394 g/mol. The molecule has 1 N–H and O–H groups in total. The zero-order chi connectivity index (χ0) is 21.4. The third-order valence-corrected chi connectivity index (χ3v) is 7.25. The van der Waals surface area contributed by atoms with Crippen molar-refractivity contribution in [1.82, 2.24) is 14.7 Å². The molecule has 1 aromatic carbocycles. The minimum atomic E-state index is -1.13. The van der Waals surface area contributed by atoms with Crippen molar-refractivity contribution < 1.29 is 19.4 Å². The van der Waals surface area contributed by atoms with E-state index in [0.29, 0.717) is 31.5 Å². The predicted molar refractivity (Wildman–Crippen MR) is 114 cm³/mol. The molecule has 7 nitrogen and oxygen atoms in total. The fourth-order valence-electron chi connectivity index (χ4n) is 5.64. The molecule has 1 saturated heterocycles. The van der Waals surface area contributed by atoms with E-state index < -0.39 is 5.97 Å². The Morgan fingerprint density at radius 1 is 1.10 bits per heavy atom. The lowest BCUT2D eigenvalue weighted by Gasteiger charge is -2.19. The van der Waals surface area contributed by atoms with Crippen molar-refractivity contribution in [2.24, 2.45) is 11.8 Å². The van der Waals surface area contributed by atoms with E-state index in [1.165, 1.54) is 49.1 Å². The zero-order valence-corrected chi connectivity index (χ0v) is 17.7. The smallest absolute Gasteiger partial charge is 0.356 e. The highest BCUT2D eigenvalue weighted by atomic mass is 16.5. The van der Waals surface area contributed by atoms with Crippen LogP contribution in [0, 0.1) is 11.8 Å². The number of ether oxygens (including phenoxy) is 1. The minimum absolute atomic E-state index is 0.113. The lowest BCUT2D eigenvalue weighted by molar-refractivity contribution is 0.0383. The van der Waals surface area contributed by atoms with E-state index in [9.17, 15) is 9.59 Å². The van der Waals surface area contributed by atoms with Crippen LogP contribution in [-0.2, 0) is 11.3 Å². The number of amides is 1. The summed E-state index contributed by atoms with van der Waals surface area (Å²) in [6.45, 7) is 2.02. The molecule has 2 atom stereocenters. The summed E-state index contributed by atoms with van der Waals surface area (Å²) in [5.41, 5.74) is 2.60. The second-order valence-electron chi connectivity index (χ2n) is 9.29. The molecule has 31 heavy (non-hydrogen) atoms. The van der Waals surface area contributed by atoms with Crippen LogP contribution >= 0.6 is 0 Å². The summed E-state index contributed by atoms with van der Waals surface area (Å²) < 4.78 is 7.40. The highest BCUT2D eigenvalue weighted by Crippen LogP contribution is 2.40. The molecule has 2 aromatic rings. The molecule has 2 heterocycles. The first kappa shape index (κ1) is 20.2. The second-order valence-corrected chi connectivity index (χ2v) is 9.29. The number of likely N-dealkylation sites (tertiary alicyclic amines) is 1. The Morgan fingerprint density at radius 2 is 1.84 bits per heavy atom. The Kier molecular flexibility index (Phi) is 5.52. The molecule has 5 rings (SSSR count). The third kappa shape index (κ3) is 4.24. The molecule has 0 radical (unpaired) electrons. The zero-order valence-electron chi connectivity index (χ0n) is 17.7. The fourth-order valence-corrected chi connectivity index (χ4v) is 5.64. The second kappa shape index (κ2) is 8.46. The summed E-state index contributed by atoms with van der Waals surface area (Å²) in [7, 11) is 0. The summed E-state index contributed by atoms with van der Waals surface area (Å²) in [5.74, 6) is 0.468. The van der Waals surface area contributed by atoms with Gasteiger partial charge < -0.3 is 14.7 Å². The average molecular weight is 424 g/mol. The number of aromatic carboxylic acids is 1. The van der Waals surface area contributed by atoms with E-state index in [0.717, 1.165) is 23.4 Å². The highest BCUT2D eigenvalue weighted by molar-refractivity contribution is 5.86. The van der Waals surface area contributed by atoms with E-state index in [2.05, 4.69) is 29.4 Å². The topological polar surface area (TPSA) is 84.7 Å². The molecule has 2 saturated carbocycles. The van der Waals surface area contributed by atoms with E-state index in [1.807, 2.05) is 0 Å². The van der Waals surface area contributed by atoms with Gasteiger partial charge in [-0.05, 0) is 60.6 Å². The number of rotatable bonds is 5. The number of carboxylic acid groups (broad SMARTS) is 1. The number of carbonyl (C=O) groups excluding carboxylic acids is 1. The number of nitrogens with zero attached hydrogens (tertiary/aromatic N) is 3. The first-order chi connectivity index (χ1) is 15.1. The Bertz CT molecular complexity index is 951. The largest absolute Gasteiger partial charge is 0.476 e. The van der Waals surface area contributed by atoms with Crippen LogP contribution in [0.15, 0.2) is 36.5 Å². The molecule has 164 valence electrons. The normalized spacial score (nSPS) is 25.8. The number of benzene rings is 1. The van der Waals surface area contributed by atoms with Gasteiger partial charge in [0.2, 0.25) is 0 Å². The van der Waals surface area contributed by atoms with Gasteiger partial charge in [0.25, 0.3) is 0 Å². The van der Waals surface area contributed by atoms with Gasteiger partial charge in [-0.3, -0.25) is 0 Å². The minimum Gasteiger partial charge on any atom is -0.476 e. The maximum Gasteiger partial charge on any atom is 0.356 e. The van der Waals surface area contributed by atoms with Crippen LogP contribution < -0.4 is 0 Å². The van der Waals surface area contributed by atoms with Crippen molar-refractivity contribution in [3.8, 4) is 0 Å². The van der Waals surface area contributed by atoms with Gasteiger partial charge in [-0.25, -0.2) is 9.59 Å². The molecule has 3 fully saturated rings. The summed E-state index contributed by atoms with van der Waals surface area (Å²) in [5, 5.41) is 12.9. The van der Waals surface area contributed by atoms with Gasteiger partial charge in [0.1, 0.15) is 0 Å². The fraction of sp³-hybridized carbons (Fsp3) is 0.542. The number of aromatic nitrogens is 2. The van der Waals surface area contributed by atoms with Crippen molar-refractivity contribution in [2.45, 2.75) is 57.2 Å². The molecule has 1 amide bonds. The Labute approximate surface area is 182 Å². The van der Waals surface area contributed by atoms with Gasteiger partial charge in [0.05, 0.1) is 12.7 Å². The molecule has 2 aliphatic carbocycles.